The van der Waals surface area contributed by atoms with Crippen LogP contribution in [0.25, 0.3) is 0 Å². The van der Waals surface area contributed by atoms with Crippen molar-refractivity contribution in [3.8, 4) is 23.0 Å². The van der Waals surface area contributed by atoms with E-state index in [1.165, 1.54) is 0 Å². The Morgan fingerprint density at radius 2 is 1.74 bits per heavy atom. The number of ether oxygens (including phenoxy) is 5. The molecule has 0 amide bonds. The maximum atomic E-state index is 10.8. The van der Waals surface area contributed by atoms with Gasteiger partial charge in [-0.3, -0.25) is 4.90 Å². The van der Waals surface area contributed by atoms with Crippen LogP contribution in [0.5, 0.6) is 23.0 Å². The van der Waals surface area contributed by atoms with Gasteiger partial charge < -0.3 is 28.8 Å². The summed E-state index contributed by atoms with van der Waals surface area (Å²) < 4.78 is 28.4. The molecule has 0 fully saturated rings. The minimum absolute atomic E-state index is 0.0421. The summed E-state index contributed by atoms with van der Waals surface area (Å²) in [6.07, 6.45) is -0.526. The van der Waals surface area contributed by atoms with Gasteiger partial charge in [0.1, 0.15) is 6.10 Å². The van der Waals surface area contributed by atoms with Gasteiger partial charge >= 0.3 is 0 Å². The summed E-state index contributed by atoms with van der Waals surface area (Å²) in [5.41, 5.74) is 3.88. The van der Waals surface area contributed by atoms with E-state index in [2.05, 4.69) is 11.9 Å². The molecular weight excluding hydrogens is 350 g/mol. The van der Waals surface area contributed by atoms with Crippen LogP contribution in [0.1, 0.15) is 40.7 Å². The summed E-state index contributed by atoms with van der Waals surface area (Å²) >= 11 is 0. The maximum absolute atomic E-state index is 10.8. The second-order valence-corrected chi connectivity index (χ2v) is 7.29. The molecule has 27 heavy (non-hydrogen) atoms. The van der Waals surface area contributed by atoms with E-state index in [1.807, 2.05) is 24.3 Å². The zero-order chi connectivity index (χ0) is 18.1. The number of fused-ring (bicyclic) bond motifs is 8. The zero-order valence-corrected chi connectivity index (χ0v) is 14.8. The monoisotopic (exact) mass is 369 g/mol. The number of nitrogens with zero attached hydrogens (tertiary/aromatic N) is 1. The van der Waals surface area contributed by atoms with Crippen LogP contribution in [-0.2, 0) is 11.2 Å². The molecule has 4 heterocycles. The van der Waals surface area contributed by atoms with Crippen LogP contribution in [0.15, 0.2) is 24.3 Å². The lowest BCUT2D eigenvalue weighted by molar-refractivity contribution is -0.174. The minimum Gasteiger partial charge on any atom is -0.454 e. The van der Waals surface area contributed by atoms with E-state index in [-0.39, 0.29) is 25.7 Å². The number of hydrogen-bond donors (Lipinski definition) is 1. The van der Waals surface area contributed by atoms with Crippen LogP contribution < -0.4 is 18.9 Å². The standard InChI is InChI=1S/C20H19NO6/c1-21-5-4-10-6-14-15(25-8-24-14)7-12(10)18-17(21)11-2-3-13-19(26-9-23-13)16(11)20(22)27-18/h2-3,6-7,17-18,20,22H,4-5,8-9H2,1H3/t17-,18-,20+/m1/s1. The Labute approximate surface area is 156 Å². The van der Waals surface area contributed by atoms with E-state index in [9.17, 15) is 5.11 Å². The van der Waals surface area contributed by atoms with E-state index in [1.54, 1.807) is 0 Å². The van der Waals surface area contributed by atoms with Crippen molar-refractivity contribution in [3.05, 3.63) is 46.5 Å². The second kappa shape index (κ2) is 5.51. The maximum Gasteiger partial charge on any atom is 0.231 e. The molecule has 7 nitrogen and oxygen atoms in total. The fourth-order valence-electron chi connectivity index (χ4n) is 4.60. The summed E-state index contributed by atoms with van der Waals surface area (Å²) in [4.78, 5) is 2.27. The van der Waals surface area contributed by atoms with Crippen molar-refractivity contribution >= 4 is 0 Å². The molecule has 4 aliphatic heterocycles. The number of aliphatic hydroxyl groups excluding tert-OH is 1. The van der Waals surface area contributed by atoms with Crippen LogP contribution in [0.4, 0.5) is 0 Å². The molecule has 0 bridgehead atoms. The molecular formula is C20H19NO6. The Morgan fingerprint density at radius 1 is 0.963 bits per heavy atom. The smallest absolute Gasteiger partial charge is 0.231 e. The van der Waals surface area contributed by atoms with Crippen LogP contribution in [-0.4, -0.2) is 37.2 Å². The molecule has 0 unspecified atom stereocenters. The van der Waals surface area contributed by atoms with Crippen molar-refractivity contribution < 1.29 is 28.8 Å². The van der Waals surface area contributed by atoms with Crippen LogP contribution in [0.2, 0.25) is 0 Å². The van der Waals surface area contributed by atoms with E-state index in [4.69, 9.17) is 23.7 Å². The summed E-state index contributed by atoms with van der Waals surface area (Å²) in [6, 6.07) is 7.92. The van der Waals surface area contributed by atoms with E-state index in [0.29, 0.717) is 17.1 Å². The summed E-state index contributed by atoms with van der Waals surface area (Å²) in [6.45, 7) is 1.26. The topological polar surface area (TPSA) is 69.6 Å². The first-order chi connectivity index (χ1) is 13.2. The van der Waals surface area contributed by atoms with Crippen molar-refractivity contribution in [1.29, 1.82) is 0 Å². The molecule has 0 saturated carbocycles. The molecule has 1 N–H and O–H groups in total. The summed E-state index contributed by atoms with van der Waals surface area (Å²) in [7, 11) is 2.08. The van der Waals surface area contributed by atoms with Gasteiger partial charge in [-0.1, -0.05) is 6.07 Å². The average Bonchev–Trinajstić information content (AvgIpc) is 3.30. The van der Waals surface area contributed by atoms with Crippen molar-refractivity contribution in [1.82, 2.24) is 4.90 Å². The van der Waals surface area contributed by atoms with Crippen molar-refractivity contribution in [3.63, 3.8) is 0 Å². The van der Waals surface area contributed by atoms with Gasteiger partial charge in [0.15, 0.2) is 29.3 Å². The predicted molar refractivity (Wildman–Crippen MR) is 93.0 cm³/mol. The molecule has 140 valence electrons. The molecule has 0 radical (unpaired) electrons. The third kappa shape index (κ3) is 2.13. The summed E-state index contributed by atoms with van der Waals surface area (Å²) in [5, 5.41) is 10.8. The van der Waals surface area contributed by atoms with Gasteiger partial charge in [-0.25, -0.2) is 0 Å². The van der Waals surface area contributed by atoms with E-state index in [0.717, 1.165) is 41.2 Å². The lowest BCUT2D eigenvalue weighted by Gasteiger charge is -2.40. The van der Waals surface area contributed by atoms with Crippen LogP contribution in [0, 0.1) is 0 Å². The molecule has 0 spiro atoms. The number of hydrogen-bond acceptors (Lipinski definition) is 7. The Hall–Kier alpha value is -2.48. The lowest BCUT2D eigenvalue weighted by atomic mass is 9.87. The minimum atomic E-state index is -1.08. The highest BCUT2D eigenvalue weighted by atomic mass is 16.7. The molecule has 2 aromatic rings. The third-order valence-electron chi connectivity index (χ3n) is 5.89. The van der Waals surface area contributed by atoms with Gasteiger partial charge in [0.2, 0.25) is 13.6 Å². The van der Waals surface area contributed by atoms with Crippen LogP contribution >= 0.6 is 0 Å². The molecule has 0 saturated heterocycles. The Kier molecular flexibility index (Phi) is 3.18. The molecule has 4 aliphatic rings. The molecule has 0 aromatic heterocycles. The molecule has 3 atom stereocenters. The van der Waals surface area contributed by atoms with Gasteiger partial charge in [0, 0.05) is 6.54 Å². The lowest BCUT2D eigenvalue weighted by Crippen LogP contribution is -2.35. The van der Waals surface area contributed by atoms with Gasteiger partial charge in [0.05, 0.1) is 11.6 Å². The summed E-state index contributed by atoms with van der Waals surface area (Å²) in [5.74, 6) is 2.73. The first-order valence-corrected chi connectivity index (χ1v) is 9.09. The first kappa shape index (κ1) is 15.6. The SMILES string of the molecule is CN1CCc2cc3c(cc2[C@H]2O[C@H](O)c4c(ccc5c4OCO5)[C@H]21)OCO3. The highest BCUT2D eigenvalue weighted by Gasteiger charge is 2.44. The Balaban J connectivity index is 1.53. The quantitative estimate of drug-likeness (QED) is 0.765. The Bertz CT molecular complexity index is 945. The van der Waals surface area contributed by atoms with Crippen molar-refractivity contribution in [2.24, 2.45) is 0 Å². The van der Waals surface area contributed by atoms with Gasteiger partial charge in [-0.2, -0.15) is 0 Å². The van der Waals surface area contributed by atoms with Crippen molar-refractivity contribution in [2.45, 2.75) is 24.9 Å². The largest absolute Gasteiger partial charge is 0.454 e. The molecule has 6 rings (SSSR count). The predicted octanol–water partition coefficient (Wildman–Crippen LogP) is 2.44. The van der Waals surface area contributed by atoms with Gasteiger partial charge in [-0.05, 0) is 48.4 Å². The normalized spacial score (nSPS) is 27.6. The molecule has 7 heteroatoms. The number of benzene rings is 2. The fourth-order valence-corrected chi connectivity index (χ4v) is 4.60. The Morgan fingerprint density at radius 3 is 2.63 bits per heavy atom. The van der Waals surface area contributed by atoms with Gasteiger partial charge in [0.25, 0.3) is 0 Å². The third-order valence-corrected chi connectivity index (χ3v) is 5.89. The number of rotatable bonds is 0. The molecule has 2 aromatic carbocycles. The number of likely N-dealkylation sites (N-methyl/N-ethyl adjacent to an activating group) is 1. The van der Waals surface area contributed by atoms with E-state index < -0.39 is 6.29 Å². The van der Waals surface area contributed by atoms with Gasteiger partial charge in [-0.15, -0.1) is 0 Å². The van der Waals surface area contributed by atoms with Crippen LogP contribution in [0.3, 0.4) is 0 Å². The number of aliphatic hydroxyl groups is 1. The highest BCUT2D eigenvalue weighted by molar-refractivity contribution is 5.56. The highest BCUT2D eigenvalue weighted by Crippen LogP contribution is 2.54. The second-order valence-electron chi connectivity index (χ2n) is 7.29. The fraction of sp³-hybridized carbons (Fsp3) is 0.400. The first-order valence-electron chi connectivity index (χ1n) is 9.09. The zero-order valence-electron chi connectivity index (χ0n) is 14.8. The van der Waals surface area contributed by atoms with E-state index >= 15 is 0 Å². The average molecular weight is 369 g/mol. The molecule has 0 aliphatic carbocycles. The van der Waals surface area contributed by atoms with Crippen molar-refractivity contribution in [2.75, 3.05) is 27.2 Å².